The Morgan fingerprint density at radius 2 is 2.19 bits per heavy atom. The standard InChI is InChI=1S/C15H15ClN2O3/c1-9-3-4-10(8-13(9)18(20)21)14-12(17-2)7-11(5-6-16)15(14)19/h3-6,8,11,17H,7H2,1-2H3. The summed E-state index contributed by atoms with van der Waals surface area (Å²) in [7, 11) is 1.73. The Morgan fingerprint density at radius 1 is 1.48 bits per heavy atom. The third-order valence-corrected chi connectivity index (χ3v) is 3.76. The van der Waals surface area contributed by atoms with Crippen molar-refractivity contribution in [1.29, 1.82) is 0 Å². The average Bonchev–Trinajstić information content (AvgIpc) is 2.76. The molecule has 1 unspecified atom stereocenters. The van der Waals surface area contributed by atoms with Crippen molar-refractivity contribution in [2.45, 2.75) is 13.3 Å². The number of halogens is 1. The Labute approximate surface area is 127 Å². The lowest BCUT2D eigenvalue weighted by molar-refractivity contribution is -0.385. The number of nitrogens with one attached hydrogen (secondary N) is 1. The molecule has 1 aromatic rings. The van der Waals surface area contributed by atoms with Crippen LogP contribution in [0.1, 0.15) is 17.5 Å². The van der Waals surface area contributed by atoms with E-state index in [2.05, 4.69) is 5.32 Å². The summed E-state index contributed by atoms with van der Waals surface area (Å²) in [6, 6.07) is 4.85. The third kappa shape index (κ3) is 2.83. The molecule has 0 aromatic heterocycles. The van der Waals surface area contributed by atoms with Crippen LogP contribution in [-0.4, -0.2) is 17.8 Å². The molecule has 0 saturated heterocycles. The zero-order valence-corrected chi connectivity index (χ0v) is 12.5. The van der Waals surface area contributed by atoms with Crippen LogP contribution >= 0.6 is 11.6 Å². The number of carbonyl (C=O) groups excluding carboxylic acids is 1. The zero-order valence-electron chi connectivity index (χ0n) is 11.7. The van der Waals surface area contributed by atoms with E-state index in [1.807, 2.05) is 0 Å². The van der Waals surface area contributed by atoms with E-state index < -0.39 is 4.92 Å². The van der Waals surface area contributed by atoms with E-state index >= 15 is 0 Å². The summed E-state index contributed by atoms with van der Waals surface area (Å²) in [6.07, 6.45) is 2.16. The predicted molar refractivity (Wildman–Crippen MR) is 81.9 cm³/mol. The van der Waals surface area contributed by atoms with Gasteiger partial charge in [-0.3, -0.25) is 14.9 Å². The second-order valence-corrected chi connectivity index (χ2v) is 5.11. The molecule has 0 bridgehead atoms. The number of allylic oxidation sites excluding steroid dienone is 3. The minimum Gasteiger partial charge on any atom is -0.391 e. The first-order valence-electron chi connectivity index (χ1n) is 6.47. The number of aryl methyl sites for hydroxylation is 1. The predicted octanol–water partition coefficient (Wildman–Crippen LogP) is 3.18. The van der Waals surface area contributed by atoms with Crippen LogP contribution in [0.15, 0.2) is 35.5 Å². The highest BCUT2D eigenvalue weighted by atomic mass is 35.5. The summed E-state index contributed by atoms with van der Waals surface area (Å²) in [6.45, 7) is 1.67. The van der Waals surface area contributed by atoms with Crippen molar-refractivity contribution in [3.8, 4) is 0 Å². The fourth-order valence-electron chi connectivity index (χ4n) is 2.50. The first kappa shape index (κ1) is 15.3. The van der Waals surface area contributed by atoms with Gasteiger partial charge in [0.2, 0.25) is 0 Å². The quantitative estimate of drug-likeness (QED) is 0.685. The first-order valence-corrected chi connectivity index (χ1v) is 6.90. The summed E-state index contributed by atoms with van der Waals surface area (Å²) in [5.74, 6) is -0.394. The van der Waals surface area contributed by atoms with Crippen LogP contribution in [0.3, 0.4) is 0 Å². The van der Waals surface area contributed by atoms with Crippen molar-refractivity contribution in [2.24, 2.45) is 5.92 Å². The molecule has 0 fully saturated rings. The topological polar surface area (TPSA) is 72.2 Å². The number of Topliss-reactive ketones (excluding diaryl/α,β-unsaturated/α-hetero) is 1. The molecule has 0 amide bonds. The Balaban J connectivity index is 2.51. The number of nitrogens with zero attached hydrogens (tertiary/aromatic N) is 1. The number of ketones is 1. The van der Waals surface area contributed by atoms with Crippen molar-refractivity contribution in [3.05, 3.63) is 56.7 Å². The molecule has 0 aliphatic heterocycles. The van der Waals surface area contributed by atoms with Crippen molar-refractivity contribution in [1.82, 2.24) is 5.32 Å². The van der Waals surface area contributed by atoms with E-state index in [4.69, 9.17) is 11.6 Å². The average molecular weight is 307 g/mol. The van der Waals surface area contributed by atoms with Gasteiger partial charge in [0, 0.05) is 47.8 Å². The second kappa shape index (κ2) is 6.10. The van der Waals surface area contributed by atoms with Gasteiger partial charge in [-0.1, -0.05) is 29.8 Å². The van der Waals surface area contributed by atoms with Gasteiger partial charge in [0.1, 0.15) is 0 Å². The SMILES string of the molecule is CNC1=C(c2ccc(C)c([N+](=O)[O-])c2)C(=O)C(C=CCl)C1. The maximum Gasteiger partial charge on any atom is 0.272 e. The van der Waals surface area contributed by atoms with Crippen LogP contribution in [0.4, 0.5) is 5.69 Å². The molecule has 1 N–H and O–H groups in total. The summed E-state index contributed by atoms with van der Waals surface area (Å²) in [4.78, 5) is 23.1. The van der Waals surface area contributed by atoms with Crippen LogP contribution in [0, 0.1) is 23.0 Å². The largest absolute Gasteiger partial charge is 0.391 e. The van der Waals surface area contributed by atoms with Gasteiger partial charge in [0.25, 0.3) is 5.69 Å². The van der Waals surface area contributed by atoms with Gasteiger partial charge >= 0.3 is 0 Å². The van der Waals surface area contributed by atoms with Crippen LogP contribution in [0.5, 0.6) is 0 Å². The van der Waals surface area contributed by atoms with Gasteiger partial charge in [0.15, 0.2) is 5.78 Å². The second-order valence-electron chi connectivity index (χ2n) is 4.86. The van der Waals surface area contributed by atoms with Crippen LogP contribution in [0.2, 0.25) is 0 Å². The highest BCUT2D eigenvalue weighted by molar-refractivity contribution is 6.27. The minimum atomic E-state index is -0.436. The van der Waals surface area contributed by atoms with Crippen molar-refractivity contribution < 1.29 is 9.72 Å². The molecule has 5 nitrogen and oxygen atoms in total. The van der Waals surface area contributed by atoms with Gasteiger partial charge in [-0.2, -0.15) is 0 Å². The molecular formula is C15H15ClN2O3. The van der Waals surface area contributed by atoms with Crippen molar-refractivity contribution in [2.75, 3.05) is 7.05 Å². The molecule has 0 spiro atoms. The lowest BCUT2D eigenvalue weighted by Crippen LogP contribution is -2.07. The van der Waals surface area contributed by atoms with Crippen LogP contribution in [-0.2, 0) is 4.79 Å². The molecule has 0 radical (unpaired) electrons. The fourth-order valence-corrected chi connectivity index (χ4v) is 2.67. The van der Waals surface area contributed by atoms with E-state index in [0.717, 1.165) is 5.70 Å². The number of hydrogen-bond acceptors (Lipinski definition) is 4. The number of benzene rings is 1. The van der Waals surface area contributed by atoms with Gasteiger partial charge in [-0.05, 0) is 12.5 Å². The maximum atomic E-state index is 12.5. The summed E-state index contributed by atoms with van der Waals surface area (Å²) < 4.78 is 0. The fraction of sp³-hybridized carbons (Fsp3) is 0.267. The zero-order chi connectivity index (χ0) is 15.6. The van der Waals surface area contributed by atoms with E-state index in [1.54, 1.807) is 32.2 Å². The number of nitro groups is 1. The highest BCUT2D eigenvalue weighted by Gasteiger charge is 2.32. The van der Waals surface area contributed by atoms with Crippen molar-refractivity contribution in [3.63, 3.8) is 0 Å². The molecule has 0 heterocycles. The lowest BCUT2D eigenvalue weighted by Gasteiger charge is -2.07. The molecule has 6 heteroatoms. The number of rotatable bonds is 4. The smallest absolute Gasteiger partial charge is 0.272 e. The number of carbonyl (C=O) groups is 1. The molecule has 1 aliphatic rings. The Hall–Kier alpha value is -2.14. The van der Waals surface area contributed by atoms with E-state index in [-0.39, 0.29) is 17.4 Å². The molecule has 1 aliphatic carbocycles. The van der Waals surface area contributed by atoms with Crippen LogP contribution < -0.4 is 5.32 Å². The minimum absolute atomic E-state index is 0.0135. The molecule has 0 saturated carbocycles. The normalized spacial score (nSPS) is 18.6. The maximum absolute atomic E-state index is 12.5. The van der Waals surface area contributed by atoms with E-state index in [9.17, 15) is 14.9 Å². The van der Waals surface area contributed by atoms with Gasteiger partial charge in [0.05, 0.1) is 4.92 Å². The van der Waals surface area contributed by atoms with Gasteiger partial charge in [-0.15, -0.1) is 0 Å². The molecule has 1 aromatic carbocycles. The molecule has 110 valence electrons. The summed E-state index contributed by atoms with van der Waals surface area (Å²) in [5, 5.41) is 14.1. The van der Waals surface area contributed by atoms with Gasteiger partial charge in [-0.25, -0.2) is 0 Å². The van der Waals surface area contributed by atoms with Gasteiger partial charge < -0.3 is 5.32 Å². The highest BCUT2D eigenvalue weighted by Crippen LogP contribution is 2.36. The molecule has 1 atom stereocenters. The Bertz CT molecular complexity index is 665. The third-order valence-electron chi connectivity index (χ3n) is 3.61. The molecular weight excluding hydrogens is 292 g/mol. The lowest BCUT2D eigenvalue weighted by atomic mass is 9.98. The molecule has 21 heavy (non-hydrogen) atoms. The first-order chi connectivity index (χ1) is 9.99. The van der Waals surface area contributed by atoms with E-state index in [0.29, 0.717) is 23.1 Å². The van der Waals surface area contributed by atoms with Crippen molar-refractivity contribution >= 4 is 28.6 Å². The Kier molecular flexibility index (Phi) is 4.43. The monoisotopic (exact) mass is 306 g/mol. The molecule has 2 rings (SSSR count). The van der Waals surface area contributed by atoms with E-state index in [1.165, 1.54) is 11.6 Å². The van der Waals surface area contributed by atoms with Crippen LogP contribution in [0.25, 0.3) is 5.57 Å². The Morgan fingerprint density at radius 3 is 2.76 bits per heavy atom. The number of hydrogen-bond donors (Lipinski definition) is 1. The summed E-state index contributed by atoms with van der Waals surface area (Å²) in [5.41, 5.74) is 3.75. The number of nitro benzene ring substituents is 1. The summed E-state index contributed by atoms with van der Waals surface area (Å²) >= 11 is 5.56.